The summed E-state index contributed by atoms with van der Waals surface area (Å²) in [6.45, 7) is 4.33. The molecule has 114 valence electrons. The zero-order chi connectivity index (χ0) is 14.7. The third-order valence-corrected chi connectivity index (χ3v) is 4.84. The fourth-order valence-electron chi connectivity index (χ4n) is 3.40. The van der Waals surface area contributed by atoms with Crippen molar-refractivity contribution < 1.29 is 4.79 Å². The Bertz CT molecular complexity index is 461. The summed E-state index contributed by atoms with van der Waals surface area (Å²) in [6.07, 6.45) is 5.49. The smallest absolute Gasteiger partial charge is 0.223 e. The van der Waals surface area contributed by atoms with Crippen molar-refractivity contribution in [2.24, 2.45) is 5.92 Å². The zero-order valence-corrected chi connectivity index (χ0v) is 12.9. The van der Waals surface area contributed by atoms with Crippen LogP contribution in [0.3, 0.4) is 0 Å². The largest absolute Gasteiger partial charge is 0.353 e. The number of amides is 1. The fraction of sp³-hybridized carbons (Fsp3) is 0.611. The number of carbonyl (C=O) groups excluding carboxylic acids is 1. The highest BCUT2D eigenvalue weighted by molar-refractivity contribution is 5.79. The van der Waals surface area contributed by atoms with E-state index in [9.17, 15) is 4.79 Å². The number of benzene rings is 1. The minimum Gasteiger partial charge on any atom is -0.353 e. The summed E-state index contributed by atoms with van der Waals surface area (Å²) in [4.78, 5) is 14.7. The van der Waals surface area contributed by atoms with Gasteiger partial charge in [-0.1, -0.05) is 37.3 Å². The molecule has 21 heavy (non-hydrogen) atoms. The minimum absolute atomic E-state index is 0.232. The van der Waals surface area contributed by atoms with Crippen molar-refractivity contribution in [3.63, 3.8) is 0 Å². The average Bonchev–Trinajstić information content (AvgIpc) is 3.34. The molecule has 3 heteroatoms. The van der Waals surface area contributed by atoms with E-state index < -0.39 is 0 Å². The standard InChI is InChI=1S/C18H26N2O/c1-2-17(14-6-4-3-5-7-14)20-12-10-15(11-13-20)18(21)19-16-8-9-16/h3-7,15-17H,2,8-13H2,1H3,(H,19,21). The number of hydrogen-bond acceptors (Lipinski definition) is 2. The van der Waals surface area contributed by atoms with Gasteiger partial charge in [-0.15, -0.1) is 0 Å². The minimum atomic E-state index is 0.232. The van der Waals surface area contributed by atoms with Gasteiger partial charge in [0.05, 0.1) is 0 Å². The highest BCUT2D eigenvalue weighted by Gasteiger charge is 2.31. The summed E-state index contributed by atoms with van der Waals surface area (Å²) in [5.74, 6) is 0.528. The molecule has 1 aliphatic heterocycles. The summed E-state index contributed by atoms with van der Waals surface area (Å²) < 4.78 is 0. The molecule has 0 aromatic heterocycles. The van der Waals surface area contributed by atoms with Gasteiger partial charge < -0.3 is 5.32 Å². The molecule has 1 aliphatic carbocycles. The summed E-state index contributed by atoms with van der Waals surface area (Å²) in [6, 6.07) is 11.7. The first-order valence-corrected chi connectivity index (χ1v) is 8.37. The Balaban J connectivity index is 1.55. The van der Waals surface area contributed by atoms with E-state index in [0.717, 1.165) is 32.4 Å². The van der Waals surface area contributed by atoms with Crippen LogP contribution >= 0.6 is 0 Å². The lowest BCUT2D eigenvalue weighted by atomic mass is 9.92. The lowest BCUT2D eigenvalue weighted by Gasteiger charge is -2.37. The van der Waals surface area contributed by atoms with Crippen molar-refractivity contribution in [1.29, 1.82) is 0 Å². The van der Waals surface area contributed by atoms with Crippen molar-refractivity contribution in [3.05, 3.63) is 35.9 Å². The maximum atomic E-state index is 12.1. The van der Waals surface area contributed by atoms with Gasteiger partial charge >= 0.3 is 0 Å². The molecule has 2 fully saturated rings. The van der Waals surface area contributed by atoms with Gasteiger partial charge in [0.15, 0.2) is 0 Å². The molecule has 1 saturated heterocycles. The highest BCUT2D eigenvalue weighted by Crippen LogP contribution is 2.29. The summed E-state index contributed by atoms with van der Waals surface area (Å²) in [5, 5.41) is 3.16. The number of likely N-dealkylation sites (tertiary alicyclic amines) is 1. The van der Waals surface area contributed by atoms with Gasteiger partial charge in [-0.2, -0.15) is 0 Å². The van der Waals surface area contributed by atoms with Gasteiger partial charge in [-0.25, -0.2) is 0 Å². The van der Waals surface area contributed by atoms with E-state index in [1.807, 2.05) is 0 Å². The monoisotopic (exact) mass is 286 g/mol. The molecule has 1 amide bonds. The molecule has 0 bridgehead atoms. The van der Waals surface area contributed by atoms with Gasteiger partial charge in [0, 0.05) is 18.0 Å². The first-order chi connectivity index (χ1) is 10.3. The van der Waals surface area contributed by atoms with Crippen LogP contribution in [-0.2, 0) is 4.79 Å². The number of carbonyl (C=O) groups is 1. The number of rotatable bonds is 5. The Morgan fingerprint density at radius 2 is 1.86 bits per heavy atom. The van der Waals surface area contributed by atoms with Gasteiger partial charge in [0.2, 0.25) is 5.91 Å². The highest BCUT2D eigenvalue weighted by atomic mass is 16.2. The average molecular weight is 286 g/mol. The van der Waals surface area contributed by atoms with Crippen LogP contribution in [0.5, 0.6) is 0 Å². The van der Waals surface area contributed by atoms with Crippen LogP contribution in [-0.4, -0.2) is 29.9 Å². The molecular weight excluding hydrogens is 260 g/mol. The van der Waals surface area contributed by atoms with Crippen LogP contribution in [0, 0.1) is 5.92 Å². The molecule has 1 aromatic carbocycles. The number of hydrogen-bond donors (Lipinski definition) is 1. The van der Waals surface area contributed by atoms with Crippen LogP contribution in [0.1, 0.15) is 50.6 Å². The Morgan fingerprint density at radius 1 is 1.19 bits per heavy atom. The maximum Gasteiger partial charge on any atom is 0.223 e. The van der Waals surface area contributed by atoms with E-state index in [4.69, 9.17) is 0 Å². The topological polar surface area (TPSA) is 32.3 Å². The van der Waals surface area contributed by atoms with Crippen LogP contribution < -0.4 is 5.32 Å². The first-order valence-electron chi connectivity index (χ1n) is 8.37. The molecule has 1 aromatic rings. The van der Waals surface area contributed by atoms with E-state index in [2.05, 4.69) is 47.5 Å². The molecule has 3 rings (SSSR count). The molecule has 1 atom stereocenters. The quantitative estimate of drug-likeness (QED) is 0.902. The van der Waals surface area contributed by atoms with E-state index in [-0.39, 0.29) is 5.92 Å². The lowest BCUT2D eigenvalue weighted by Crippen LogP contribution is -2.42. The molecular formula is C18H26N2O. The SMILES string of the molecule is CCC(c1ccccc1)N1CCC(C(=O)NC2CC2)CC1. The van der Waals surface area contributed by atoms with E-state index in [1.54, 1.807) is 0 Å². The van der Waals surface area contributed by atoms with Crippen LogP contribution in [0.2, 0.25) is 0 Å². The van der Waals surface area contributed by atoms with Crippen molar-refractivity contribution in [1.82, 2.24) is 10.2 Å². The van der Waals surface area contributed by atoms with E-state index in [1.165, 1.54) is 18.4 Å². The Labute approximate surface area is 127 Å². The summed E-state index contributed by atoms with van der Waals surface area (Å²) >= 11 is 0. The Kier molecular flexibility index (Phi) is 4.59. The van der Waals surface area contributed by atoms with Gasteiger partial charge in [-0.3, -0.25) is 9.69 Å². The molecule has 1 unspecified atom stereocenters. The molecule has 1 heterocycles. The van der Waals surface area contributed by atoms with Gasteiger partial charge in [0.25, 0.3) is 0 Å². The Morgan fingerprint density at radius 3 is 2.43 bits per heavy atom. The van der Waals surface area contributed by atoms with Crippen molar-refractivity contribution in [3.8, 4) is 0 Å². The molecule has 1 N–H and O–H groups in total. The molecule has 1 saturated carbocycles. The second-order valence-electron chi connectivity index (χ2n) is 6.43. The second-order valence-corrected chi connectivity index (χ2v) is 6.43. The molecule has 0 spiro atoms. The van der Waals surface area contributed by atoms with Crippen molar-refractivity contribution >= 4 is 5.91 Å². The predicted molar refractivity (Wildman–Crippen MR) is 84.9 cm³/mol. The number of nitrogens with zero attached hydrogens (tertiary/aromatic N) is 1. The van der Waals surface area contributed by atoms with Crippen molar-refractivity contribution in [2.75, 3.05) is 13.1 Å². The Hall–Kier alpha value is -1.35. The van der Waals surface area contributed by atoms with Crippen molar-refractivity contribution in [2.45, 2.75) is 51.1 Å². The van der Waals surface area contributed by atoms with Gasteiger partial charge in [-0.05, 0) is 50.8 Å². The summed E-state index contributed by atoms with van der Waals surface area (Å²) in [7, 11) is 0. The molecule has 2 aliphatic rings. The normalized spacial score (nSPS) is 22.0. The third kappa shape index (κ3) is 3.65. The molecule has 3 nitrogen and oxygen atoms in total. The maximum absolute atomic E-state index is 12.1. The third-order valence-electron chi connectivity index (χ3n) is 4.84. The number of piperidine rings is 1. The fourth-order valence-corrected chi connectivity index (χ4v) is 3.40. The molecule has 0 radical (unpaired) electrons. The lowest BCUT2D eigenvalue weighted by molar-refractivity contribution is -0.126. The number of nitrogens with one attached hydrogen (secondary N) is 1. The predicted octanol–water partition coefficient (Wildman–Crippen LogP) is 3.13. The van der Waals surface area contributed by atoms with E-state index in [0.29, 0.717) is 18.0 Å². The van der Waals surface area contributed by atoms with Crippen LogP contribution in [0.4, 0.5) is 0 Å². The van der Waals surface area contributed by atoms with Crippen LogP contribution in [0.15, 0.2) is 30.3 Å². The first kappa shape index (κ1) is 14.6. The zero-order valence-electron chi connectivity index (χ0n) is 12.9. The second kappa shape index (κ2) is 6.61. The van der Waals surface area contributed by atoms with Gasteiger partial charge in [0.1, 0.15) is 0 Å². The summed E-state index contributed by atoms with van der Waals surface area (Å²) in [5.41, 5.74) is 1.40. The van der Waals surface area contributed by atoms with E-state index >= 15 is 0 Å². The van der Waals surface area contributed by atoms with Crippen LogP contribution in [0.25, 0.3) is 0 Å².